The molecule has 7 nitrogen and oxygen atoms in total. The molecule has 3 aliphatic rings. The van der Waals surface area contributed by atoms with Crippen LogP contribution < -0.4 is 5.32 Å². The first-order chi connectivity index (χ1) is 13.7. The van der Waals surface area contributed by atoms with Gasteiger partial charge in [-0.1, -0.05) is 11.8 Å². The first-order valence-electron chi connectivity index (χ1n) is 9.92. The van der Waals surface area contributed by atoms with Crippen molar-refractivity contribution in [3.8, 4) is 0 Å². The minimum atomic E-state index is 0.0935. The first kappa shape index (κ1) is 17.2. The van der Waals surface area contributed by atoms with Crippen molar-refractivity contribution in [1.82, 2.24) is 24.9 Å². The van der Waals surface area contributed by atoms with E-state index in [1.807, 2.05) is 21.9 Å². The highest BCUT2D eigenvalue weighted by atomic mass is 16.2. The van der Waals surface area contributed by atoms with Crippen LogP contribution in [0.25, 0.3) is 6.08 Å². The van der Waals surface area contributed by atoms with Crippen molar-refractivity contribution in [2.75, 3.05) is 18.4 Å². The number of pyridine rings is 1. The molecule has 28 heavy (non-hydrogen) atoms. The SMILES string of the molecule is C=C1CCc2cc(/C=C/C(=O)N3CC4CC(n5ccnn5)CC4C3)cnc2N1. The van der Waals surface area contributed by atoms with Gasteiger partial charge in [0.2, 0.25) is 5.91 Å². The van der Waals surface area contributed by atoms with E-state index in [1.165, 1.54) is 5.56 Å². The van der Waals surface area contributed by atoms with Gasteiger partial charge >= 0.3 is 0 Å². The Hall–Kier alpha value is -2.96. The molecule has 0 radical (unpaired) electrons. The first-order valence-corrected chi connectivity index (χ1v) is 9.92. The number of likely N-dealkylation sites (tertiary alicyclic amines) is 1. The van der Waals surface area contributed by atoms with Crippen LogP contribution in [-0.2, 0) is 11.2 Å². The molecule has 0 aromatic carbocycles. The van der Waals surface area contributed by atoms with Gasteiger partial charge in [-0.15, -0.1) is 5.10 Å². The molecule has 7 heteroatoms. The molecule has 4 heterocycles. The summed E-state index contributed by atoms with van der Waals surface area (Å²) in [6.07, 6.45) is 13.1. The molecule has 1 aliphatic carbocycles. The maximum atomic E-state index is 12.7. The monoisotopic (exact) mass is 376 g/mol. The highest BCUT2D eigenvalue weighted by Crippen LogP contribution is 2.43. The fourth-order valence-electron chi connectivity index (χ4n) is 4.79. The van der Waals surface area contributed by atoms with Crippen LogP contribution in [-0.4, -0.2) is 43.9 Å². The number of anilines is 1. The molecule has 1 saturated heterocycles. The highest BCUT2D eigenvalue weighted by molar-refractivity contribution is 5.92. The zero-order valence-corrected chi connectivity index (χ0v) is 15.8. The van der Waals surface area contributed by atoms with E-state index in [1.54, 1.807) is 18.5 Å². The van der Waals surface area contributed by atoms with Crippen LogP contribution in [0.4, 0.5) is 5.82 Å². The van der Waals surface area contributed by atoms with Crippen LogP contribution in [0.15, 0.2) is 43.0 Å². The summed E-state index contributed by atoms with van der Waals surface area (Å²) < 4.78 is 1.97. The fourth-order valence-corrected chi connectivity index (χ4v) is 4.79. The van der Waals surface area contributed by atoms with Crippen molar-refractivity contribution >= 4 is 17.8 Å². The number of hydrogen-bond acceptors (Lipinski definition) is 5. The molecule has 0 spiro atoms. The summed E-state index contributed by atoms with van der Waals surface area (Å²) in [5.41, 5.74) is 3.15. The standard InChI is InChI=1S/C21H24N6O/c1-14-2-4-16-8-15(11-22-21(16)24-14)3-5-20(28)26-12-17-9-19(10-18(17)13-26)27-7-6-23-25-27/h3,5-8,11,17-19H,1-2,4,9-10,12-13H2,(H,22,24)/b5-3+. The topological polar surface area (TPSA) is 75.9 Å². The van der Waals surface area contributed by atoms with Crippen LogP contribution >= 0.6 is 0 Å². The number of fused-ring (bicyclic) bond motifs is 2. The summed E-state index contributed by atoms with van der Waals surface area (Å²) >= 11 is 0. The Morgan fingerprint density at radius 2 is 2.07 bits per heavy atom. The molecule has 2 atom stereocenters. The predicted molar refractivity (Wildman–Crippen MR) is 106 cm³/mol. The molecule has 5 rings (SSSR count). The molecule has 144 valence electrons. The number of carbonyl (C=O) groups is 1. The van der Waals surface area contributed by atoms with Crippen molar-refractivity contribution in [2.24, 2.45) is 11.8 Å². The second-order valence-corrected chi connectivity index (χ2v) is 8.11. The Kier molecular flexibility index (Phi) is 4.22. The number of nitrogens with one attached hydrogen (secondary N) is 1. The van der Waals surface area contributed by atoms with E-state index in [9.17, 15) is 4.79 Å². The highest BCUT2D eigenvalue weighted by Gasteiger charge is 2.42. The molecule has 2 aromatic rings. The lowest BCUT2D eigenvalue weighted by atomic mass is 10.0. The Morgan fingerprint density at radius 3 is 2.82 bits per heavy atom. The van der Waals surface area contributed by atoms with E-state index in [2.05, 4.69) is 33.3 Å². The van der Waals surface area contributed by atoms with Gasteiger partial charge < -0.3 is 10.2 Å². The van der Waals surface area contributed by atoms with Gasteiger partial charge in [-0.05, 0) is 60.8 Å². The maximum Gasteiger partial charge on any atom is 0.246 e. The van der Waals surface area contributed by atoms with E-state index >= 15 is 0 Å². The summed E-state index contributed by atoms with van der Waals surface area (Å²) in [5, 5.41) is 11.3. The van der Waals surface area contributed by atoms with Gasteiger partial charge in [0, 0.05) is 37.3 Å². The average molecular weight is 376 g/mol. The van der Waals surface area contributed by atoms with Crippen molar-refractivity contribution in [1.29, 1.82) is 0 Å². The van der Waals surface area contributed by atoms with Crippen LogP contribution in [0.2, 0.25) is 0 Å². The number of rotatable bonds is 3. The zero-order valence-electron chi connectivity index (χ0n) is 15.8. The Labute approximate surface area is 164 Å². The van der Waals surface area contributed by atoms with Crippen LogP contribution in [0.1, 0.15) is 36.4 Å². The fraction of sp³-hybridized carbons (Fsp3) is 0.429. The van der Waals surface area contributed by atoms with Gasteiger partial charge in [-0.25, -0.2) is 9.67 Å². The largest absolute Gasteiger partial charge is 0.344 e. The number of allylic oxidation sites excluding steroid dienone is 1. The van der Waals surface area contributed by atoms with Gasteiger partial charge in [0.25, 0.3) is 0 Å². The predicted octanol–water partition coefficient (Wildman–Crippen LogP) is 2.67. The zero-order chi connectivity index (χ0) is 19.1. The number of nitrogens with zero attached hydrogens (tertiary/aromatic N) is 5. The van der Waals surface area contributed by atoms with Crippen molar-refractivity contribution < 1.29 is 4.79 Å². The van der Waals surface area contributed by atoms with E-state index in [0.717, 1.165) is 55.9 Å². The van der Waals surface area contributed by atoms with Crippen LogP contribution in [0.5, 0.6) is 0 Å². The molecule has 2 unspecified atom stereocenters. The smallest absolute Gasteiger partial charge is 0.246 e. The van der Waals surface area contributed by atoms with Crippen LogP contribution in [0.3, 0.4) is 0 Å². The molecule has 1 amide bonds. The average Bonchev–Trinajstić information content (AvgIpc) is 3.41. The number of aryl methyl sites for hydroxylation is 1. The number of amides is 1. The third kappa shape index (κ3) is 3.21. The second kappa shape index (κ2) is 6.89. The van der Waals surface area contributed by atoms with Crippen LogP contribution in [0, 0.1) is 11.8 Å². The minimum absolute atomic E-state index is 0.0935. The van der Waals surface area contributed by atoms with Gasteiger partial charge in [0.15, 0.2) is 0 Å². The lowest BCUT2D eigenvalue weighted by Gasteiger charge is -2.19. The summed E-state index contributed by atoms with van der Waals surface area (Å²) in [4.78, 5) is 19.1. The number of aromatic nitrogens is 4. The van der Waals surface area contributed by atoms with Gasteiger partial charge in [-0.2, -0.15) is 0 Å². The summed E-state index contributed by atoms with van der Waals surface area (Å²) in [5.74, 6) is 2.11. The summed E-state index contributed by atoms with van der Waals surface area (Å²) in [6, 6.07) is 2.53. The van der Waals surface area contributed by atoms with E-state index in [-0.39, 0.29) is 5.91 Å². The lowest BCUT2D eigenvalue weighted by molar-refractivity contribution is -0.125. The molecular weight excluding hydrogens is 352 g/mol. The molecule has 0 bridgehead atoms. The molecule has 2 aliphatic heterocycles. The Balaban J connectivity index is 1.20. The Bertz CT molecular complexity index is 920. The van der Waals surface area contributed by atoms with Gasteiger partial charge in [0.05, 0.1) is 12.2 Å². The molecule has 1 saturated carbocycles. The molecule has 1 N–H and O–H groups in total. The van der Waals surface area contributed by atoms with Gasteiger partial charge in [0.1, 0.15) is 5.82 Å². The number of carbonyl (C=O) groups excluding carboxylic acids is 1. The quantitative estimate of drug-likeness (QED) is 0.834. The van der Waals surface area contributed by atoms with Crippen molar-refractivity contribution in [2.45, 2.75) is 31.7 Å². The second-order valence-electron chi connectivity index (χ2n) is 8.11. The van der Waals surface area contributed by atoms with E-state index in [4.69, 9.17) is 0 Å². The van der Waals surface area contributed by atoms with Crippen molar-refractivity contribution in [3.05, 3.63) is 54.1 Å². The molecule has 2 fully saturated rings. The van der Waals surface area contributed by atoms with E-state index in [0.29, 0.717) is 17.9 Å². The minimum Gasteiger partial charge on any atom is -0.344 e. The maximum absolute atomic E-state index is 12.7. The van der Waals surface area contributed by atoms with E-state index < -0.39 is 0 Å². The third-order valence-corrected chi connectivity index (χ3v) is 6.25. The summed E-state index contributed by atoms with van der Waals surface area (Å²) in [7, 11) is 0. The summed E-state index contributed by atoms with van der Waals surface area (Å²) in [6.45, 7) is 5.64. The lowest BCUT2D eigenvalue weighted by Crippen LogP contribution is -2.28. The molecule has 2 aromatic heterocycles. The van der Waals surface area contributed by atoms with Gasteiger partial charge in [-0.3, -0.25) is 4.79 Å². The normalized spacial score (nSPS) is 26.4. The number of hydrogen-bond donors (Lipinski definition) is 1. The third-order valence-electron chi connectivity index (χ3n) is 6.25. The Morgan fingerprint density at radius 1 is 1.25 bits per heavy atom. The van der Waals surface area contributed by atoms with Crippen molar-refractivity contribution in [3.63, 3.8) is 0 Å². The molecular formula is C21H24N6O.